The van der Waals surface area contributed by atoms with Crippen LogP contribution in [0.15, 0.2) is 0 Å². The Labute approximate surface area is 96.0 Å². The molecule has 0 aromatic rings. The summed E-state index contributed by atoms with van der Waals surface area (Å²) in [7, 11) is 0. The van der Waals surface area contributed by atoms with Crippen molar-refractivity contribution < 1.29 is 0 Å². The van der Waals surface area contributed by atoms with Gasteiger partial charge in [-0.25, -0.2) is 0 Å². The van der Waals surface area contributed by atoms with Crippen LogP contribution in [0.2, 0.25) is 0 Å². The van der Waals surface area contributed by atoms with Crippen molar-refractivity contribution in [3.05, 3.63) is 0 Å². The molecule has 2 unspecified atom stereocenters. The first-order chi connectivity index (χ1) is 6.97. The van der Waals surface area contributed by atoms with E-state index in [4.69, 9.17) is 0 Å². The highest BCUT2D eigenvalue weighted by Crippen LogP contribution is 2.25. The second-order valence-corrected chi connectivity index (χ2v) is 6.59. The Hall–Kier alpha value is -0.0400. The van der Waals surface area contributed by atoms with Crippen molar-refractivity contribution >= 4 is 0 Å². The Morgan fingerprint density at radius 1 is 1.13 bits per heavy atom. The molecule has 1 heteroatoms. The van der Waals surface area contributed by atoms with E-state index in [9.17, 15) is 0 Å². The Balaban J connectivity index is 1.93. The second-order valence-electron chi connectivity index (χ2n) is 6.59. The zero-order chi connectivity index (χ0) is 11.3. The summed E-state index contributed by atoms with van der Waals surface area (Å²) >= 11 is 0. The summed E-state index contributed by atoms with van der Waals surface area (Å²) < 4.78 is 0. The molecule has 0 aromatic carbocycles. The van der Waals surface area contributed by atoms with Crippen molar-refractivity contribution in [3.63, 3.8) is 0 Å². The predicted octanol–water partition coefficient (Wildman–Crippen LogP) is 3.98. The highest BCUT2D eigenvalue weighted by atomic mass is 14.9. The lowest BCUT2D eigenvalue weighted by atomic mass is 9.90. The summed E-state index contributed by atoms with van der Waals surface area (Å²) in [6, 6.07) is 0.828. The topological polar surface area (TPSA) is 12.0 Å². The lowest BCUT2D eigenvalue weighted by molar-refractivity contribution is 0.355. The summed E-state index contributed by atoms with van der Waals surface area (Å²) in [5.41, 5.74) is 0.516. The van der Waals surface area contributed by atoms with Gasteiger partial charge in [0.25, 0.3) is 0 Å². The maximum atomic E-state index is 3.70. The minimum absolute atomic E-state index is 0.516. The van der Waals surface area contributed by atoms with Crippen molar-refractivity contribution in [1.29, 1.82) is 0 Å². The average Bonchev–Trinajstić information content (AvgIpc) is 2.49. The van der Waals surface area contributed by atoms with Gasteiger partial charge in [0.1, 0.15) is 0 Å². The third-order valence-electron chi connectivity index (χ3n) is 3.48. The molecular weight excluding hydrogens is 182 g/mol. The predicted molar refractivity (Wildman–Crippen MR) is 68.1 cm³/mol. The van der Waals surface area contributed by atoms with Gasteiger partial charge >= 0.3 is 0 Å². The molecule has 90 valence electrons. The van der Waals surface area contributed by atoms with E-state index >= 15 is 0 Å². The minimum atomic E-state index is 0.516. The van der Waals surface area contributed by atoms with Gasteiger partial charge in [0.2, 0.25) is 0 Å². The van der Waals surface area contributed by atoms with Crippen molar-refractivity contribution in [2.24, 2.45) is 11.3 Å². The maximum absolute atomic E-state index is 3.70. The van der Waals surface area contributed by atoms with E-state index in [-0.39, 0.29) is 0 Å². The van der Waals surface area contributed by atoms with E-state index < -0.39 is 0 Å². The molecule has 0 aliphatic heterocycles. The van der Waals surface area contributed by atoms with Crippen LogP contribution in [-0.2, 0) is 0 Å². The lowest BCUT2D eigenvalue weighted by Gasteiger charge is -2.18. The van der Waals surface area contributed by atoms with Crippen LogP contribution in [-0.4, -0.2) is 12.6 Å². The third kappa shape index (κ3) is 6.19. The lowest BCUT2D eigenvalue weighted by Crippen LogP contribution is -2.27. The smallest absolute Gasteiger partial charge is 0.00696 e. The summed E-state index contributed by atoms with van der Waals surface area (Å²) in [5, 5.41) is 3.70. The third-order valence-corrected chi connectivity index (χ3v) is 3.48. The van der Waals surface area contributed by atoms with Crippen molar-refractivity contribution in [2.75, 3.05) is 6.54 Å². The highest BCUT2D eigenvalue weighted by molar-refractivity contribution is 4.78. The SMILES string of the molecule is CC1CCC(NCCCCC(C)(C)C)C1. The number of nitrogens with one attached hydrogen (secondary N) is 1. The van der Waals surface area contributed by atoms with Gasteiger partial charge in [-0.05, 0) is 50.0 Å². The normalized spacial score (nSPS) is 27.2. The van der Waals surface area contributed by atoms with Gasteiger partial charge < -0.3 is 5.32 Å². The van der Waals surface area contributed by atoms with Crippen molar-refractivity contribution in [2.45, 2.75) is 72.3 Å². The van der Waals surface area contributed by atoms with Gasteiger partial charge in [-0.3, -0.25) is 0 Å². The maximum Gasteiger partial charge on any atom is 0.00696 e. The van der Waals surface area contributed by atoms with E-state index in [0.29, 0.717) is 5.41 Å². The number of unbranched alkanes of at least 4 members (excludes halogenated alkanes) is 1. The Morgan fingerprint density at radius 3 is 2.40 bits per heavy atom. The average molecular weight is 211 g/mol. The van der Waals surface area contributed by atoms with E-state index in [1.165, 1.54) is 45.1 Å². The molecule has 1 aliphatic rings. The summed E-state index contributed by atoms with van der Waals surface area (Å²) in [6.07, 6.45) is 8.32. The minimum Gasteiger partial charge on any atom is -0.314 e. The van der Waals surface area contributed by atoms with Crippen LogP contribution in [0.5, 0.6) is 0 Å². The molecule has 1 saturated carbocycles. The first kappa shape index (κ1) is 13.0. The Bertz CT molecular complexity index is 169. The molecule has 1 aliphatic carbocycles. The molecule has 0 aromatic heterocycles. The van der Waals surface area contributed by atoms with Crippen LogP contribution in [0.1, 0.15) is 66.2 Å². The van der Waals surface area contributed by atoms with Crippen molar-refractivity contribution in [1.82, 2.24) is 5.32 Å². The molecule has 0 heterocycles. The molecule has 15 heavy (non-hydrogen) atoms. The molecule has 0 radical (unpaired) electrons. The monoisotopic (exact) mass is 211 g/mol. The van der Waals surface area contributed by atoms with Crippen LogP contribution in [0.3, 0.4) is 0 Å². The van der Waals surface area contributed by atoms with Gasteiger partial charge in [-0.2, -0.15) is 0 Å². The molecule has 0 bridgehead atoms. The molecule has 1 N–H and O–H groups in total. The van der Waals surface area contributed by atoms with Gasteiger partial charge in [0, 0.05) is 6.04 Å². The van der Waals surface area contributed by atoms with Gasteiger partial charge in [-0.15, -0.1) is 0 Å². The van der Waals surface area contributed by atoms with Crippen LogP contribution in [0.25, 0.3) is 0 Å². The van der Waals surface area contributed by atoms with Gasteiger partial charge in [0.05, 0.1) is 0 Å². The van der Waals surface area contributed by atoms with Crippen molar-refractivity contribution in [3.8, 4) is 0 Å². The Morgan fingerprint density at radius 2 is 1.87 bits per heavy atom. The fourth-order valence-electron chi connectivity index (χ4n) is 2.48. The van der Waals surface area contributed by atoms with Crippen LogP contribution in [0, 0.1) is 11.3 Å². The Kier molecular flexibility index (Phi) is 5.11. The highest BCUT2D eigenvalue weighted by Gasteiger charge is 2.20. The van der Waals surface area contributed by atoms with E-state index in [1.54, 1.807) is 0 Å². The zero-order valence-corrected chi connectivity index (χ0v) is 11.1. The van der Waals surface area contributed by atoms with E-state index in [1.807, 2.05) is 0 Å². The van der Waals surface area contributed by atoms with E-state index in [0.717, 1.165) is 12.0 Å². The van der Waals surface area contributed by atoms with E-state index in [2.05, 4.69) is 33.0 Å². The standard InChI is InChI=1S/C14H29N/c1-12-7-8-13(11-12)15-10-6-5-9-14(2,3)4/h12-13,15H,5-11H2,1-4H3. The first-order valence-electron chi connectivity index (χ1n) is 6.71. The summed E-state index contributed by atoms with van der Waals surface area (Å²) in [4.78, 5) is 0. The molecule has 0 amide bonds. The number of hydrogen-bond acceptors (Lipinski definition) is 1. The molecule has 0 saturated heterocycles. The molecule has 2 atom stereocenters. The molecular formula is C14H29N. The molecule has 1 rings (SSSR count). The largest absolute Gasteiger partial charge is 0.314 e. The van der Waals surface area contributed by atoms with Crippen LogP contribution >= 0.6 is 0 Å². The number of hydrogen-bond donors (Lipinski definition) is 1. The molecule has 1 fully saturated rings. The van der Waals surface area contributed by atoms with Gasteiger partial charge in [-0.1, -0.05) is 34.1 Å². The van der Waals surface area contributed by atoms with Crippen LogP contribution in [0.4, 0.5) is 0 Å². The first-order valence-corrected chi connectivity index (χ1v) is 6.71. The van der Waals surface area contributed by atoms with Gasteiger partial charge in [0.15, 0.2) is 0 Å². The molecule has 1 nitrogen and oxygen atoms in total. The zero-order valence-electron chi connectivity index (χ0n) is 11.1. The fourth-order valence-corrected chi connectivity index (χ4v) is 2.48. The fraction of sp³-hybridized carbons (Fsp3) is 1.00. The summed E-state index contributed by atoms with van der Waals surface area (Å²) in [6.45, 7) is 10.6. The summed E-state index contributed by atoms with van der Waals surface area (Å²) in [5.74, 6) is 0.956. The molecule has 0 spiro atoms. The van der Waals surface area contributed by atoms with Crippen LogP contribution < -0.4 is 5.32 Å². The quantitative estimate of drug-likeness (QED) is 0.678. The number of rotatable bonds is 5. The second kappa shape index (κ2) is 5.89.